The van der Waals surface area contributed by atoms with Gasteiger partial charge in [0.05, 0.1) is 12.7 Å². The Morgan fingerprint density at radius 2 is 1.96 bits per heavy atom. The van der Waals surface area contributed by atoms with Gasteiger partial charge in [-0.1, -0.05) is 49.4 Å². The number of Topliss-reactive ketones (excluding diaryl/α,β-unsaturated/α-hetero) is 1. The first-order valence-corrected chi connectivity index (χ1v) is 8.38. The predicted molar refractivity (Wildman–Crippen MR) is 94.0 cm³/mol. The molecule has 1 aliphatic heterocycles. The molecule has 0 radical (unpaired) electrons. The first-order valence-electron chi connectivity index (χ1n) is 8.38. The SMILES string of the molecule is CC(=O)c1ccc(-c2cccc(C(C)CCC3CO3)c2)cc1C. The zero-order valence-electron chi connectivity index (χ0n) is 14.1. The third-order valence-corrected chi connectivity index (χ3v) is 4.72. The summed E-state index contributed by atoms with van der Waals surface area (Å²) in [6.07, 6.45) is 2.82. The second kappa shape index (κ2) is 6.67. The molecule has 2 heteroatoms. The predicted octanol–water partition coefficient (Wildman–Crippen LogP) is 5.15. The number of benzene rings is 2. The average molecular weight is 308 g/mol. The number of epoxide rings is 1. The maximum atomic E-state index is 11.6. The number of hydrogen-bond acceptors (Lipinski definition) is 2. The van der Waals surface area contributed by atoms with Crippen molar-refractivity contribution < 1.29 is 9.53 Å². The molecule has 0 aromatic heterocycles. The van der Waals surface area contributed by atoms with Crippen LogP contribution in [0.15, 0.2) is 42.5 Å². The van der Waals surface area contributed by atoms with Gasteiger partial charge in [0.2, 0.25) is 0 Å². The van der Waals surface area contributed by atoms with Gasteiger partial charge in [-0.15, -0.1) is 0 Å². The number of carbonyl (C=O) groups excluding carboxylic acids is 1. The Morgan fingerprint density at radius 3 is 2.61 bits per heavy atom. The molecular weight excluding hydrogens is 284 g/mol. The lowest BCUT2D eigenvalue weighted by Gasteiger charge is -2.13. The standard InChI is InChI=1S/C21H24O2/c1-14(7-9-20-13-23-20)17-5-4-6-18(12-17)19-8-10-21(16(3)22)15(2)11-19/h4-6,8,10-12,14,20H,7,9,13H2,1-3H3. The topological polar surface area (TPSA) is 29.6 Å². The first kappa shape index (κ1) is 15.9. The van der Waals surface area contributed by atoms with E-state index in [-0.39, 0.29) is 5.78 Å². The Kier molecular flexibility index (Phi) is 4.63. The van der Waals surface area contributed by atoms with Gasteiger partial charge in [-0.25, -0.2) is 0 Å². The molecule has 2 atom stereocenters. The van der Waals surface area contributed by atoms with Gasteiger partial charge in [-0.3, -0.25) is 4.79 Å². The lowest BCUT2D eigenvalue weighted by molar-refractivity contribution is 0.101. The van der Waals surface area contributed by atoms with Crippen LogP contribution in [0.4, 0.5) is 0 Å². The zero-order chi connectivity index (χ0) is 16.4. The molecule has 2 aromatic rings. The van der Waals surface area contributed by atoms with Crippen molar-refractivity contribution in [1.82, 2.24) is 0 Å². The Morgan fingerprint density at radius 1 is 1.22 bits per heavy atom. The van der Waals surface area contributed by atoms with Crippen molar-refractivity contribution in [2.75, 3.05) is 6.61 Å². The molecule has 0 aliphatic carbocycles. The van der Waals surface area contributed by atoms with Crippen molar-refractivity contribution in [3.63, 3.8) is 0 Å². The number of aryl methyl sites for hydroxylation is 1. The summed E-state index contributed by atoms with van der Waals surface area (Å²) in [5.41, 5.74) is 5.61. The molecule has 23 heavy (non-hydrogen) atoms. The van der Waals surface area contributed by atoms with Crippen molar-refractivity contribution in [3.8, 4) is 11.1 Å². The lowest BCUT2D eigenvalue weighted by atomic mass is 9.91. The molecular formula is C21H24O2. The molecule has 1 heterocycles. The first-order chi connectivity index (χ1) is 11.0. The van der Waals surface area contributed by atoms with Gasteiger partial charge >= 0.3 is 0 Å². The third kappa shape index (κ3) is 3.89. The number of hydrogen-bond donors (Lipinski definition) is 0. The molecule has 0 saturated carbocycles. The van der Waals surface area contributed by atoms with Crippen molar-refractivity contribution in [3.05, 3.63) is 59.2 Å². The number of ether oxygens (including phenoxy) is 1. The van der Waals surface area contributed by atoms with Gasteiger partial charge < -0.3 is 4.74 Å². The van der Waals surface area contributed by atoms with Crippen LogP contribution in [0.3, 0.4) is 0 Å². The van der Waals surface area contributed by atoms with Crippen LogP contribution in [0.2, 0.25) is 0 Å². The number of rotatable bonds is 6. The quantitative estimate of drug-likeness (QED) is 0.546. The molecule has 1 saturated heterocycles. The van der Waals surface area contributed by atoms with Crippen molar-refractivity contribution in [2.45, 2.75) is 45.6 Å². The van der Waals surface area contributed by atoms with Crippen molar-refractivity contribution >= 4 is 5.78 Å². The van der Waals surface area contributed by atoms with Crippen LogP contribution in [0.25, 0.3) is 11.1 Å². The summed E-state index contributed by atoms with van der Waals surface area (Å²) < 4.78 is 5.30. The molecule has 2 unspecified atom stereocenters. The lowest BCUT2D eigenvalue weighted by Crippen LogP contribution is -1.98. The molecule has 0 spiro atoms. The smallest absolute Gasteiger partial charge is 0.160 e. The molecule has 0 N–H and O–H groups in total. The molecule has 120 valence electrons. The van der Waals surface area contributed by atoms with Crippen LogP contribution in [0.1, 0.15) is 54.1 Å². The number of ketones is 1. The molecule has 2 nitrogen and oxygen atoms in total. The largest absolute Gasteiger partial charge is 0.373 e. The highest BCUT2D eigenvalue weighted by molar-refractivity contribution is 5.96. The van der Waals surface area contributed by atoms with E-state index in [1.54, 1.807) is 6.92 Å². The van der Waals surface area contributed by atoms with Crippen LogP contribution in [-0.4, -0.2) is 18.5 Å². The van der Waals surface area contributed by atoms with Gasteiger partial charge in [-0.05, 0) is 54.9 Å². The van der Waals surface area contributed by atoms with Gasteiger partial charge in [0.15, 0.2) is 5.78 Å². The minimum Gasteiger partial charge on any atom is -0.373 e. The molecule has 0 amide bonds. The fraction of sp³-hybridized carbons (Fsp3) is 0.381. The molecule has 0 bridgehead atoms. The van der Waals surface area contributed by atoms with E-state index in [9.17, 15) is 4.79 Å². The molecule has 3 rings (SSSR count). The van der Waals surface area contributed by atoms with Gasteiger partial charge in [-0.2, -0.15) is 0 Å². The van der Waals surface area contributed by atoms with E-state index >= 15 is 0 Å². The monoisotopic (exact) mass is 308 g/mol. The van der Waals surface area contributed by atoms with E-state index in [2.05, 4.69) is 37.3 Å². The van der Waals surface area contributed by atoms with Crippen molar-refractivity contribution in [2.24, 2.45) is 0 Å². The maximum absolute atomic E-state index is 11.6. The minimum absolute atomic E-state index is 0.124. The Bertz CT molecular complexity index is 714. The molecule has 1 fully saturated rings. The van der Waals surface area contributed by atoms with Crippen LogP contribution in [0, 0.1) is 6.92 Å². The van der Waals surface area contributed by atoms with Crippen LogP contribution in [-0.2, 0) is 4.74 Å². The van der Waals surface area contributed by atoms with Gasteiger partial charge in [0.25, 0.3) is 0 Å². The summed E-state index contributed by atoms with van der Waals surface area (Å²) in [6.45, 7) is 6.84. The van der Waals surface area contributed by atoms with Crippen LogP contribution >= 0.6 is 0 Å². The highest BCUT2D eigenvalue weighted by atomic mass is 16.6. The Hall–Kier alpha value is -1.93. The van der Waals surface area contributed by atoms with E-state index in [0.717, 1.165) is 30.6 Å². The summed E-state index contributed by atoms with van der Waals surface area (Å²) in [4.78, 5) is 11.6. The minimum atomic E-state index is 0.124. The highest BCUT2D eigenvalue weighted by Crippen LogP contribution is 2.29. The molecule has 2 aromatic carbocycles. The second-order valence-electron chi connectivity index (χ2n) is 6.65. The zero-order valence-corrected chi connectivity index (χ0v) is 14.1. The van der Waals surface area contributed by atoms with E-state index in [1.165, 1.54) is 16.7 Å². The fourth-order valence-corrected chi connectivity index (χ4v) is 3.10. The van der Waals surface area contributed by atoms with E-state index in [4.69, 9.17) is 4.74 Å². The Labute approximate surface area is 138 Å². The second-order valence-corrected chi connectivity index (χ2v) is 6.65. The molecule has 1 aliphatic rings. The summed E-state index contributed by atoms with van der Waals surface area (Å²) >= 11 is 0. The highest BCUT2D eigenvalue weighted by Gasteiger charge is 2.22. The van der Waals surface area contributed by atoms with Gasteiger partial charge in [0, 0.05) is 5.56 Å². The fourth-order valence-electron chi connectivity index (χ4n) is 3.10. The summed E-state index contributed by atoms with van der Waals surface area (Å²) in [5.74, 6) is 0.662. The van der Waals surface area contributed by atoms with E-state index < -0.39 is 0 Å². The van der Waals surface area contributed by atoms with E-state index in [0.29, 0.717) is 12.0 Å². The normalized spacial score (nSPS) is 17.8. The number of carbonyl (C=O) groups is 1. The average Bonchev–Trinajstić information content (AvgIpc) is 3.36. The summed E-state index contributed by atoms with van der Waals surface area (Å²) in [5, 5.41) is 0. The summed E-state index contributed by atoms with van der Waals surface area (Å²) in [6, 6.07) is 14.8. The maximum Gasteiger partial charge on any atom is 0.160 e. The van der Waals surface area contributed by atoms with Gasteiger partial charge in [0.1, 0.15) is 0 Å². The summed E-state index contributed by atoms with van der Waals surface area (Å²) in [7, 11) is 0. The Balaban J connectivity index is 1.81. The van der Waals surface area contributed by atoms with Crippen molar-refractivity contribution in [1.29, 1.82) is 0 Å². The third-order valence-electron chi connectivity index (χ3n) is 4.72. The van der Waals surface area contributed by atoms with Crippen LogP contribution in [0.5, 0.6) is 0 Å². The van der Waals surface area contributed by atoms with E-state index in [1.807, 2.05) is 19.1 Å². The van der Waals surface area contributed by atoms with Crippen LogP contribution < -0.4 is 0 Å².